The van der Waals surface area contributed by atoms with E-state index in [0.29, 0.717) is 47.8 Å². The summed E-state index contributed by atoms with van der Waals surface area (Å²) in [6.07, 6.45) is -2.99. The molecular formula is C27H30F3N5O3S. The zero-order chi connectivity index (χ0) is 27.9. The molecule has 8 nitrogen and oxygen atoms in total. The number of anilines is 1. The molecule has 2 aromatic carbocycles. The molecule has 12 heteroatoms. The van der Waals surface area contributed by atoms with Crippen LogP contribution in [0.4, 0.5) is 18.9 Å². The van der Waals surface area contributed by atoms with Gasteiger partial charge in [0.1, 0.15) is 6.67 Å². The highest BCUT2D eigenvalue weighted by Gasteiger charge is 2.38. The van der Waals surface area contributed by atoms with E-state index in [1.54, 1.807) is 49.1 Å². The van der Waals surface area contributed by atoms with Crippen LogP contribution in [-0.2, 0) is 16.2 Å². The lowest BCUT2D eigenvalue weighted by Crippen LogP contribution is -2.52. The van der Waals surface area contributed by atoms with E-state index >= 15 is 0 Å². The number of aryl methyl sites for hydroxylation is 2. The topological polar surface area (TPSA) is 82.3 Å². The molecule has 208 valence electrons. The van der Waals surface area contributed by atoms with Gasteiger partial charge >= 0.3 is 6.18 Å². The van der Waals surface area contributed by atoms with Gasteiger partial charge in [0.15, 0.2) is 5.76 Å². The lowest BCUT2D eigenvalue weighted by Gasteiger charge is -2.40. The largest absolute Gasteiger partial charge is 0.418 e. The molecule has 0 N–H and O–H groups in total. The van der Waals surface area contributed by atoms with E-state index in [1.807, 2.05) is 6.92 Å². The number of para-hydroxylation sites is 1. The molecule has 1 fully saturated rings. The summed E-state index contributed by atoms with van der Waals surface area (Å²) in [4.78, 5) is 8.26. The number of benzene rings is 2. The molecule has 0 bridgehead atoms. The van der Waals surface area contributed by atoms with Crippen molar-refractivity contribution < 1.29 is 26.1 Å². The number of halogens is 3. The first-order valence-corrected chi connectivity index (χ1v) is 14.1. The highest BCUT2D eigenvalue weighted by atomic mass is 32.2. The molecule has 0 amide bonds. The molecule has 39 heavy (non-hydrogen) atoms. The van der Waals surface area contributed by atoms with Crippen molar-refractivity contribution in [1.82, 2.24) is 14.4 Å². The molecule has 1 saturated heterocycles. The van der Waals surface area contributed by atoms with Gasteiger partial charge in [-0.25, -0.2) is 8.42 Å². The van der Waals surface area contributed by atoms with Gasteiger partial charge < -0.3 is 9.42 Å². The molecule has 0 saturated carbocycles. The van der Waals surface area contributed by atoms with Crippen molar-refractivity contribution in [1.29, 1.82) is 0 Å². The van der Waals surface area contributed by atoms with Crippen LogP contribution < -0.4 is 4.90 Å². The molecule has 1 aromatic heterocycles. The van der Waals surface area contributed by atoms with E-state index in [4.69, 9.17) is 4.52 Å². The van der Waals surface area contributed by atoms with Crippen molar-refractivity contribution in [2.45, 2.75) is 37.9 Å². The monoisotopic (exact) mass is 561 g/mol. The van der Waals surface area contributed by atoms with Gasteiger partial charge in [0.05, 0.1) is 21.8 Å². The first-order valence-electron chi connectivity index (χ1n) is 12.7. The summed E-state index contributed by atoms with van der Waals surface area (Å²) in [7, 11) is -3.76. The van der Waals surface area contributed by atoms with Gasteiger partial charge in [0.2, 0.25) is 10.0 Å². The van der Waals surface area contributed by atoms with E-state index in [0.717, 1.165) is 6.07 Å². The Morgan fingerprint density at radius 3 is 2.46 bits per heavy atom. The Kier molecular flexibility index (Phi) is 7.29. The van der Waals surface area contributed by atoms with E-state index in [1.165, 1.54) is 16.6 Å². The number of aliphatic imine (C=N–C) groups is 1. The fraction of sp³-hybridized carbons (Fsp3) is 0.407. The Balaban J connectivity index is 1.28. The predicted octanol–water partition coefficient (Wildman–Crippen LogP) is 4.57. The normalized spacial score (nSPS) is 17.8. The molecule has 1 atom stereocenters. The second-order valence-electron chi connectivity index (χ2n) is 10.0. The third-order valence-electron chi connectivity index (χ3n) is 7.23. The zero-order valence-electron chi connectivity index (χ0n) is 21.9. The molecule has 1 unspecified atom stereocenters. The summed E-state index contributed by atoms with van der Waals surface area (Å²) < 4.78 is 75.2. The van der Waals surface area contributed by atoms with Crippen molar-refractivity contribution in [2.24, 2.45) is 4.99 Å². The van der Waals surface area contributed by atoms with Crippen LogP contribution >= 0.6 is 0 Å². The number of alkyl halides is 3. The third-order valence-corrected chi connectivity index (χ3v) is 9.27. The fourth-order valence-corrected chi connectivity index (χ4v) is 6.84. The number of piperazine rings is 1. The second kappa shape index (κ2) is 10.4. The minimum Gasteiger partial charge on any atom is -0.356 e. The fourth-order valence-electron chi connectivity index (χ4n) is 5.17. The second-order valence-corrected chi connectivity index (χ2v) is 11.9. The van der Waals surface area contributed by atoms with Crippen molar-refractivity contribution in [3.63, 3.8) is 0 Å². The number of fused-ring (bicyclic) bond motifs is 1. The van der Waals surface area contributed by atoms with Crippen LogP contribution in [0.3, 0.4) is 0 Å². The van der Waals surface area contributed by atoms with Gasteiger partial charge in [0.25, 0.3) is 0 Å². The molecule has 2 aliphatic rings. The number of hydrogen-bond donors (Lipinski definition) is 0. The Hall–Kier alpha value is -3.22. The van der Waals surface area contributed by atoms with Gasteiger partial charge in [-0.2, -0.15) is 17.5 Å². The molecule has 2 aliphatic heterocycles. The Morgan fingerprint density at radius 1 is 1.05 bits per heavy atom. The first-order chi connectivity index (χ1) is 18.4. The molecule has 0 radical (unpaired) electrons. The molecule has 3 aromatic rings. The molecule has 5 rings (SSSR count). The number of aromatic nitrogens is 1. The highest BCUT2D eigenvalue weighted by Crippen LogP contribution is 2.40. The summed E-state index contributed by atoms with van der Waals surface area (Å²) in [5.41, 5.74) is 1.88. The SMILES string of the molecule is Cc1cc(-c2ccc(C)c(S(=O)(=O)N3CCN(CC(C)N4CN=Cc5cccc(C(F)(F)F)c54)CC3)c2)on1. The minimum atomic E-state index is -4.48. The number of nitrogens with zero attached hydrogens (tertiary/aromatic N) is 5. The van der Waals surface area contributed by atoms with Crippen LogP contribution in [0.5, 0.6) is 0 Å². The van der Waals surface area contributed by atoms with E-state index in [9.17, 15) is 21.6 Å². The number of rotatable bonds is 6. The molecule has 0 aliphatic carbocycles. The lowest BCUT2D eigenvalue weighted by atomic mass is 10.0. The Bertz CT molecular complexity index is 1490. The maximum atomic E-state index is 13.8. The lowest BCUT2D eigenvalue weighted by molar-refractivity contribution is -0.137. The third kappa shape index (κ3) is 5.45. The van der Waals surface area contributed by atoms with Crippen molar-refractivity contribution >= 4 is 21.9 Å². The highest BCUT2D eigenvalue weighted by molar-refractivity contribution is 7.89. The van der Waals surface area contributed by atoms with Crippen LogP contribution in [0.1, 0.15) is 29.3 Å². The number of sulfonamides is 1. The zero-order valence-corrected chi connectivity index (χ0v) is 22.8. The van der Waals surface area contributed by atoms with Crippen molar-refractivity contribution in [3.05, 3.63) is 64.8 Å². The Morgan fingerprint density at radius 2 is 1.79 bits per heavy atom. The van der Waals surface area contributed by atoms with Crippen LogP contribution in [0.2, 0.25) is 0 Å². The smallest absolute Gasteiger partial charge is 0.356 e. The van der Waals surface area contributed by atoms with Gasteiger partial charge in [-0.1, -0.05) is 29.4 Å². The van der Waals surface area contributed by atoms with Gasteiger partial charge in [-0.15, -0.1) is 0 Å². The molecular weight excluding hydrogens is 531 g/mol. The summed E-state index contributed by atoms with van der Waals surface area (Å²) in [5, 5.41) is 3.88. The van der Waals surface area contributed by atoms with Crippen LogP contribution in [0, 0.1) is 13.8 Å². The average molecular weight is 562 g/mol. The van der Waals surface area contributed by atoms with Gasteiger partial charge in [-0.3, -0.25) is 9.89 Å². The van der Waals surface area contributed by atoms with Crippen molar-refractivity contribution in [2.75, 3.05) is 44.3 Å². The summed E-state index contributed by atoms with van der Waals surface area (Å²) in [6, 6.07) is 10.8. The summed E-state index contributed by atoms with van der Waals surface area (Å²) in [6.45, 7) is 7.54. The Labute approximate surface area is 225 Å². The maximum Gasteiger partial charge on any atom is 0.418 e. The van der Waals surface area contributed by atoms with Crippen molar-refractivity contribution in [3.8, 4) is 11.3 Å². The first kappa shape index (κ1) is 27.4. The van der Waals surface area contributed by atoms with Crippen LogP contribution in [0.15, 0.2) is 56.9 Å². The standard InChI is InChI=1S/C27H30F3N5O3S/c1-18-7-8-21(24-13-19(2)32-38-24)14-25(18)39(36,37)34-11-9-33(10-12-34)16-20(3)35-17-31-15-22-5-4-6-23(26(22)35)27(28,29)30/h4-8,13-15,20H,9-12,16-17H2,1-3H3. The van der Waals surface area contributed by atoms with Crippen LogP contribution in [0.25, 0.3) is 11.3 Å². The summed E-state index contributed by atoms with van der Waals surface area (Å²) in [5.74, 6) is 0.500. The average Bonchev–Trinajstić information content (AvgIpc) is 3.34. The summed E-state index contributed by atoms with van der Waals surface area (Å²) >= 11 is 0. The minimum absolute atomic E-state index is 0.135. The van der Waals surface area contributed by atoms with Gasteiger partial charge in [-0.05, 0) is 38.5 Å². The van der Waals surface area contributed by atoms with E-state index < -0.39 is 21.8 Å². The van der Waals surface area contributed by atoms with Gasteiger partial charge in [0, 0.05) is 62.2 Å². The predicted molar refractivity (Wildman–Crippen MR) is 142 cm³/mol. The molecule has 3 heterocycles. The maximum absolute atomic E-state index is 13.8. The van der Waals surface area contributed by atoms with E-state index in [-0.39, 0.29) is 36.4 Å². The number of hydrogen-bond acceptors (Lipinski definition) is 7. The van der Waals surface area contributed by atoms with E-state index in [2.05, 4.69) is 15.0 Å². The molecule has 0 spiro atoms. The van der Waals surface area contributed by atoms with Crippen LogP contribution in [-0.4, -0.2) is 74.4 Å². The quantitative estimate of drug-likeness (QED) is 0.439.